The molecule has 4 rings (SSSR count). The molecule has 0 saturated carbocycles. The molecule has 0 N–H and O–H groups in total. The van der Waals surface area contributed by atoms with E-state index in [9.17, 15) is 13.6 Å². The van der Waals surface area contributed by atoms with Crippen LogP contribution in [0.3, 0.4) is 0 Å². The van der Waals surface area contributed by atoms with E-state index in [0.29, 0.717) is 38.8 Å². The summed E-state index contributed by atoms with van der Waals surface area (Å²) in [7, 11) is 0. The smallest absolute Gasteiger partial charge is 0.196 e. The van der Waals surface area contributed by atoms with E-state index in [2.05, 4.69) is 15.3 Å². The summed E-state index contributed by atoms with van der Waals surface area (Å²) in [4.78, 5) is 17.4. The zero-order valence-corrected chi connectivity index (χ0v) is 16.6. The molecule has 150 valence electrons. The Balaban J connectivity index is 1.73. The van der Waals surface area contributed by atoms with Crippen LogP contribution in [0.25, 0.3) is 11.4 Å². The van der Waals surface area contributed by atoms with Gasteiger partial charge in [-0.05, 0) is 48.9 Å². The number of nitrogens with zero attached hydrogens (tertiary/aromatic N) is 4. The predicted octanol–water partition coefficient (Wildman–Crippen LogP) is 4.86. The fraction of sp³-hybridized carbons (Fsp3) is 0.0909. The molecule has 0 unspecified atom stereocenters. The number of hydrogen-bond acceptors (Lipinski definition) is 4. The topological polar surface area (TPSA) is 60.7 Å². The first-order valence-corrected chi connectivity index (χ1v) is 9.41. The normalized spacial score (nSPS) is 10.9. The molecule has 0 atom stereocenters. The van der Waals surface area contributed by atoms with Crippen molar-refractivity contribution in [3.8, 4) is 11.4 Å². The molecule has 5 nitrogen and oxygen atoms in total. The van der Waals surface area contributed by atoms with Crippen LogP contribution in [0, 0.1) is 18.6 Å². The Morgan fingerprint density at radius 2 is 1.70 bits per heavy atom. The summed E-state index contributed by atoms with van der Waals surface area (Å²) in [5.41, 5.74) is 2.46. The minimum absolute atomic E-state index is 0.119. The number of benzene rings is 2. The lowest BCUT2D eigenvalue weighted by Gasteiger charge is -2.08. The zero-order valence-electron chi connectivity index (χ0n) is 15.8. The van der Waals surface area contributed by atoms with Crippen molar-refractivity contribution in [2.75, 3.05) is 0 Å². The van der Waals surface area contributed by atoms with Crippen LogP contribution in [-0.2, 0) is 6.54 Å². The Hall–Kier alpha value is -3.45. The van der Waals surface area contributed by atoms with Crippen LogP contribution in [0.15, 0.2) is 60.8 Å². The monoisotopic (exact) mass is 424 g/mol. The number of aromatic nitrogens is 4. The quantitative estimate of drug-likeness (QED) is 0.429. The van der Waals surface area contributed by atoms with Gasteiger partial charge in [-0.15, -0.1) is 5.10 Å². The lowest BCUT2D eigenvalue weighted by Crippen LogP contribution is -2.07. The van der Waals surface area contributed by atoms with Crippen molar-refractivity contribution < 1.29 is 13.6 Å². The maximum Gasteiger partial charge on any atom is 0.196 e. The predicted molar refractivity (Wildman–Crippen MR) is 108 cm³/mol. The molecule has 2 aromatic heterocycles. The van der Waals surface area contributed by atoms with Gasteiger partial charge in [0.05, 0.1) is 22.8 Å². The summed E-state index contributed by atoms with van der Waals surface area (Å²) in [6.45, 7) is 1.87. The van der Waals surface area contributed by atoms with E-state index >= 15 is 0 Å². The molecule has 0 fully saturated rings. The Morgan fingerprint density at radius 1 is 1.00 bits per heavy atom. The number of carbonyl (C=O) groups is 1. The van der Waals surface area contributed by atoms with E-state index in [1.54, 1.807) is 49.5 Å². The summed E-state index contributed by atoms with van der Waals surface area (Å²) in [6.07, 6.45) is 1.55. The van der Waals surface area contributed by atoms with Crippen LogP contribution >= 0.6 is 11.6 Å². The Labute approximate surface area is 176 Å². The van der Waals surface area contributed by atoms with Crippen molar-refractivity contribution in [1.82, 2.24) is 20.0 Å². The van der Waals surface area contributed by atoms with Gasteiger partial charge in [-0.2, -0.15) is 0 Å². The van der Waals surface area contributed by atoms with Crippen LogP contribution in [0.5, 0.6) is 0 Å². The highest BCUT2D eigenvalue weighted by Crippen LogP contribution is 2.27. The molecule has 0 spiro atoms. The van der Waals surface area contributed by atoms with Crippen molar-refractivity contribution in [3.05, 3.63) is 99.8 Å². The number of carbonyl (C=O) groups excluding carboxylic acids is 1. The van der Waals surface area contributed by atoms with Gasteiger partial charge < -0.3 is 0 Å². The number of rotatable bonds is 5. The maximum absolute atomic E-state index is 13.5. The van der Waals surface area contributed by atoms with Crippen LogP contribution in [-0.4, -0.2) is 25.8 Å². The summed E-state index contributed by atoms with van der Waals surface area (Å²) in [5.74, 6) is -1.62. The minimum atomic E-state index is -0.666. The molecule has 0 aliphatic rings. The van der Waals surface area contributed by atoms with Gasteiger partial charge in [-0.1, -0.05) is 28.9 Å². The zero-order chi connectivity index (χ0) is 21.3. The van der Waals surface area contributed by atoms with Crippen molar-refractivity contribution in [1.29, 1.82) is 0 Å². The van der Waals surface area contributed by atoms with Crippen molar-refractivity contribution in [2.24, 2.45) is 0 Å². The molecule has 0 radical (unpaired) electrons. The second-order valence-corrected chi connectivity index (χ2v) is 7.07. The fourth-order valence-electron chi connectivity index (χ4n) is 3.17. The largest absolute Gasteiger partial charge is 0.288 e. The Morgan fingerprint density at radius 3 is 2.43 bits per heavy atom. The summed E-state index contributed by atoms with van der Waals surface area (Å²) >= 11 is 6.18. The molecule has 0 aliphatic carbocycles. The standard InChI is InChI=1S/C22H15ClF2N4O/c1-13-20(27-28-29(13)12-14-9-15(24)11-16(25)10-14)21-18(6-4-8-26-21)22(30)17-5-2-3-7-19(17)23/h2-11H,12H2,1H3. The molecule has 30 heavy (non-hydrogen) atoms. The van der Waals surface area contributed by atoms with Gasteiger partial charge in [-0.3, -0.25) is 9.78 Å². The SMILES string of the molecule is Cc1c(-c2ncccc2C(=O)c2ccccc2Cl)nnn1Cc1cc(F)cc(F)c1. The molecular formula is C22H15ClF2N4O. The number of ketones is 1. The molecule has 0 bridgehead atoms. The summed E-state index contributed by atoms with van der Waals surface area (Å²) in [6, 6.07) is 13.3. The van der Waals surface area contributed by atoms with Crippen LogP contribution in [0.1, 0.15) is 27.2 Å². The third kappa shape index (κ3) is 3.84. The molecule has 2 aromatic carbocycles. The highest BCUT2D eigenvalue weighted by Gasteiger charge is 2.22. The first-order chi connectivity index (χ1) is 14.4. The van der Waals surface area contributed by atoms with Crippen molar-refractivity contribution in [3.63, 3.8) is 0 Å². The third-order valence-electron chi connectivity index (χ3n) is 4.63. The third-order valence-corrected chi connectivity index (χ3v) is 4.96. The average Bonchev–Trinajstić information content (AvgIpc) is 3.07. The first-order valence-electron chi connectivity index (χ1n) is 9.03. The Bertz CT molecular complexity index is 1240. The highest BCUT2D eigenvalue weighted by molar-refractivity contribution is 6.35. The van der Waals surface area contributed by atoms with E-state index < -0.39 is 11.6 Å². The lowest BCUT2D eigenvalue weighted by molar-refractivity contribution is 0.103. The fourth-order valence-corrected chi connectivity index (χ4v) is 3.39. The summed E-state index contributed by atoms with van der Waals surface area (Å²) in [5, 5.41) is 8.58. The van der Waals surface area contributed by atoms with Gasteiger partial charge in [0, 0.05) is 17.8 Å². The molecule has 0 amide bonds. The van der Waals surface area contributed by atoms with E-state index in [-0.39, 0.29) is 12.3 Å². The van der Waals surface area contributed by atoms with E-state index in [4.69, 9.17) is 11.6 Å². The van der Waals surface area contributed by atoms with Gasteiger partial charge in [-0.25, -0.2) is 13.5 Å². The number of halogens is 3. The molecule has 8 heteroatoms. The van der Waals surface area contributed by atoms with Crippen LogP contribution in [0.4, 0.5) is 8.78 Å². The van der Waals surface area contributed by atoms with Gasteiger partial charge >= 0.3 is 0 Å². The average molecular weight is 425 g/mol. The van der Waals surface area contributed by atoms with E-state index in [0.717, 1.165) is 6.07 Å². The second kappa shape index (κ2) is 8.12. The Kier molecular flexibility index (Phi) is 5.37. The van der Waals surface area contributed by atoms with Crippen LogP contribution in [0.2, 0.25) is 5.02 Å². The second-order valence-electron chi connectivity index (χ2n) is 6.67. The van der Waals surface area contributed by atoms with E-state index in [1.807, 2.05) is 0 Å². The summed E-state index contributed by atoms with van der Waals surface area (Å²) < 4.78 is 28.5. The van der Waals surface area contributed by atoms with Crippen molar-refractivity contribution in [2.45, 2.75) is 13.5 Å². The van der Waals surface area contributed by atoms with E-state index in [1.165, 1.54) is 16.8 Å². The minimum Gasteiger partial charge on any atom is -0.288 e. The van der Waals surface area contributed by atoms with Crippen LogP contribution < -0.4 is 0 Å². The van der Waals surface area contributed by atoms with Gasteiger partial charge in [0.15, 0.2) is 5.78 Å². The molecular weight excluding hydrogens is 410 g/mol. The van der Waals surface area contributed by atoms with Crippen molar-refractivity contribution >= 4 is 17.4 Å². The first kappa shape index (κ1) is 19.8. The van der Waals surface area contributed by atoms with Gasteiger partial charge in [0.25, 0.3) is 0 Å². The number of pyridine rings is 1. The maximum atomic E-state index is 13.5. The number of hydrogen-bond donors (Lipinski definition) is 0. The molecule has 2 heterocycles. The lowest BCUT2D eigenvalue weighted by atomic mass is 10.00. The molecule has 4 aromatic rings. The molecule has 0 saturated heterocycles. The molecule has 0 aliphatic heterocycles. The highest BCUT2D eigenvalue weighted by atomic mass is 35.5. The van der Waals surface area contributed by atoms with Gasteiger partial charge in [0.2, 0.25) is 0 Å². The van der Waals surface area contributed by atoms with Gasteiger partial charge in [0.1, 0.15) is 23.0 Å².